The van der Waals surface area contributed by atoms with Gasteiger partial charge in [0.15, 0.2) is 0 Å². The molecule has 0 aromatic rings. The molecule has 0 fully saturated rings. The molecule has 2 N–H and O–H groups in total. The predicted octanol–water partition coefficient (Wildman–Crippen LogP) is 1.41. The Morgan fingerprint density at radius 1 is 1.21 bits per heavy atom. The van der Waals surface area contributed by atoms with Crippen molar-refractivity contribution in [2.45, 2.75) is 46.1 Å². The lowest BCUT2D eigenvalue weighted by atomic mass is 9.97. The Hall–Kier alpha value is -0.650. The first-order chi connectivity index (χ1) is 8.97. The highest BCUT2D eigenvalue weighted by atomic mass is 16.5. The molecule has 0 amide bonds. The fourth-order valence-corrected chi connectivity index (χ4v) is 1.83. The first kappa shape index (κ1) is 18.4. The van der Waals surface area contributed by atoms with Gasteiger partial charge in [0, 0.05) is 13.2 Å². The van der Waals surface area contributed by atoms with Crippen molar-refractivity contribution in [2.75, 3.05) is 39.5 Å². The van der Waals surface area contributed by atoms with Crippen LogP contribution in [0.25, 0.3) is 0 Å². The third kappa shape index (κ3) is 8.18. The Balaban J connectivity index is 3.94. The number of carbonyl (C=O) groups excluding carboxylic acids is 1. The largest absolute Gasteiger partial charge is 0.465 e. The standard InChI is InChI=1S/C14H30N2O3/c1-5-16(11-12-18-6-2)10-8-9-14(4,15)13(17)19-7-3/h5-12,15H2,1-4H3. The minimum absolute atomic E-state index is 0.313. The van der Waals surface area contributed by atoms with Gasteiger partial charge in [0.2, 0.25) is 0 Å². The Morgan fingerprint density at radius 3 is 2.42 bits per heavy atom. The summed E-state index contributed by atoms with van der Waals surface area (Å²) >= 11 is 0. The van der Waals surface area contributed by atoms with Crippen LogP contribution in [0.15, 0.2) is 0 Å². The molecule has 19 heavy (non-hydrogen) atoms. The molecule has 0 aliphatic heterocycles. The van der Waals surface area contributed by atoms with E-state index >= 15 is 0 Å². The molecule has 0 spiro atoms. The van der Waals surface area contributed by atoms with Gasteiger partial charge in [0.05, 0.1) is 13.2 Å². The lowest BCUT2D eigenvalue weighted by Gasteiger charge is -2.25. The molecule has 0 aromatic carbocycles. The van der Waals surface area contributed by atoms with E-state index in [0.717, 1.165) is 39.3 Å². The summed E-state index contributed by atoms with van der Waals surface area (Å²) in [5, 5.41) is 0. The maximum Gasteiger partial charge on any atom is 0.325 e. The quantitative estimate of drug-likeness (QED) is 0.456. The fraction of sp³-hybridized carbons (Fsp3) is 0.929. The average Bonchev–Trinajstić information content (AvgIpc) is 2.37. The second-order valence-electron chi connectivity index (χ2n) is 4.87. The van der Waals surface area contributed by atoms with Gasteiger partial charge in [-0.15, -0.1) is 0 Å². The molecule has 0 saturated carbocycles. The molecule has 0 saturated heterocycles. The average molecular weight is 274 g/mol. The van der Waals surface area contributed by atoms with Crippen molar-refractivity contribution in [3.8, 4) is 0 Å². The topological polar surface area (TPSA) is 64.8 Å². The number of carbonyl (C=O) groups is 1. The van der Waals surface area contributed by atoms with Gasteiger partial charge in [0.1, 0.15) is 5.54 Å². The molecule has 1 unspecified atom stereocenters. The summed E-state index contributed by atoms with van der Waals surface area (Å²) in [5.41, 5.74) is 5.10. The second kappa shape index (κ2) is 10.2. The summed E-state index contributed by atoms with van der Waals surface area (Å²) in [4.78, 5) is 13.9. The summed E-state index contributed by atoms with van der Waals surface area (Å²) in [5.74, 6) is -0.313. The van der Waals surface area contributed by atoms with Crippen LogP contribution in [0.5, 0.6) is 0 Å². The van der Waals surface area contributed by atoms with Crippen molar-refractivity contribution >= 4 is 5.97 Å². The van der Waals surface area contributed by atoms with Crippen LogP contribution in [-0.4, -0.2) is 55.9 Å². The zero-order valence-electron chi connectivity index (χ0n) is 12.9. The number of nitrogens with two attached hydrogens (primary N) is 1. The Bertz CT molecular complexity index is 245. The van der Waals surface area contributed by atoms with E-state index in [0.29, 0.717) is 13.0 Å². The van der Waals surface area contributed by atoms with Crippen molar-refractivity contribution in [1.29, 1.82) is 0 Å². The lowest BCUT2D eigenvalue weighted by molar-refractivity contribution is -0.149. The van der Waals surface area contributed by atoms with Gasteiger partial charge in [-0.1, -0.05) is 6.92 Å². The highest BCUT2D eigenvalue weighted by molar-refractivity contribution is 5.79. The van der Waals surface area contributed by atoms with Gasteiger partial charge < -0.3 is 20.1 Å². The molecule has 0 aromatic heterocycles. The van der Waals surface area contributed by atoms with E-state index in [4.69, 9.17) is 15.2 Å². The highest BCUT2D eigenvalue weighted by Gasteiger charge is 2.29. The Labute approximate surface area is 117 Å². The van der Waals surface area contributed by atoms with Crippen LogP contribution >= 0.6 is 0 Å². The number of nitrogens with zero attached hydrogens (tertiary/aromatic N) is 1. The van der Waals surface area contributed by atoms with Crippen LogP contribution in [0.4, 0.5) is 0 Å². The number of esters is 1. The van der Waals surface area contributed by atoms with E-state index in [1.54, 1.807) is 13.8 Å². The molecule has 0 heterocycles. The third-order valence-electron chi connectivity index (χ3n) is 3.12. The Morgan fingerprint density at radius 2 is 1.89 bits per heavy atom. The molecule has 0 radical (unpaired) electrons. The maximum atomic E-state index is 11.6. The molecule has 0 bridgehead atoms. The second-order valence-corrected chi connectivity index (χ2v) is 4.87. The van der Waals surface area contributed by atoms with Crippen molar-refractivity contribution in [2.24, 2.45) is 5.73 Å². The van der Waals surface area contributed by atoms with Gasteiger partial charge in [0.25, 0.3) is 0 Å². The van der Waals surface area contributed by atoms with Crippen molar-refractivity contribution in [1.82, 2.24) is 4.90 Å². The van der Waals surface area contributed by atoms with Gasteiger partial charge >= 0.3 is 5.97 Å². The van der Waals surface area contributed by atoms with E-state index < -0.39 is 5.54 Å². The van der Waals surface area contributed by atoms with Gasteiger partial charge in [-0.25, -0.2) is 0 Å². The van der Waals surface area contributed by atoms with Crippen LogP contribution in [-0.2, 0) is 14.3 Å². The number of likely N-dealkylation sites (N-methyl/N-ethyl adjacent to an activating group) is 1. The highest BCUT2D eigenvalue weighted by Crippen LogP contribution is 2.11. The number of hydrogen-bond donors (Lipinski definition) is 1. The molecule has 5 nitrogen and oxygen atoms in total. The summed E-state index contributed by atoms with van der Waals surface area (Å²) < 4.78 is 10.3. The van der Waals surface area contributed by atoms with Crippen molar-refractivity contribution in [3.05, 3.63) is 0 Å². The van der Waals surface area contributed by atoms with E-state index in [-0.39, 0.29) is 5.97 Å². The minimum Gasteiger partial charge on any atom is -0.465 e. The molecule has 1 atom stereocenters. The number of ether oxygens (including phenoxy) is 2. The molecule has 0 rings (SSSR count). The summed E-state index contributed by atoms with van der Waals surface area (Å²) in [6, 6.07) is 0. The molecule has 114 valence electrons. The van der Waals surface area contributed by atoms with Gasteiger partial charge in [-0.2, -0.15) is 0 Å². The first-order valence-electron chi connectivity index (χ1n) is 7.24. The van der Waals surface area contributed by atoms with Crippen LogP contribution in [0.2, 0.25) is 0 Å². The summed E-state index contributed by atoms with van der Waals surface area (Å²) in [6.07, 6.45) is 1.52. The molecular weight excluding hydrogens is 244 g/mol. The normalized spacial score (nSPS) is 14.4. The molecule has 5 heteroatoms. The smallest absolute Gasteiger partial charge is 0.325 e. The molecule has 0 aliphatic rings. The monoisotopic (exact) mass is 274 g/mol. The van der Waals surface area contributed by atoms with Crippen LogP contribution < -0.4 is 5.73 Å². The molecular formula is C14H30N2O3. The van der Waals surface area contributed by atoms with E-state index in [2.05, 4.69) is 11.8 Å². The van der Waals surface area contributed by atoms with Gasteiger partial charge in [-0.05, 0) is 46.7 Å². The summed E-state index contributed by atoms with van der Waals surface area (Å²) in [6.45, 7) is 12.4. The van der Waals surface area contributed by atoms with E-state index in [1.807, 2.05) is 6.92 Å². The Kier molecular flexibility index (Phi) is 9.83. The van der Waals surface area contributed by atoms with Crippen LogP contribution in [0.3, 0.4) is 0 Å². The predicted molar refractivity (Wildman–Crippen MR) is 77.1 cm³/mol. The van der Waals surface area contributed by atoms with E-state index in [9.17, 15) is 4.79 Å². The minimum atomic E-state index is -0.880. The number of hydrogen-bond acceptors (Lipinski definition) is 5. The zero-order valence-corrected chi connectivity index (χ0v) is 12.9. The van der Waals surface area contributed by atoms with E-state index in [1.165, 1.54) is 0 Å². The lowest BCUT2D eigenvalue weighted by Crippen LogP contribution is -2.46. The molecule has 0 aliphatic carbocycles. The first-order valence-corrected chi connectivity index (χ1v) is 7.24. The van der Waals surface area contributed by atoms with Gasteiger partial charge in [-0.3, -0.25) is 4.79 Å². The van der Waals surface area contributed by atoms with Crippen molar-refractivity contribution in [3.63, 3.8) is 0 Å². The van der Waals surface area contributed by atoms with Crippen molar-refractivity contribution < 1.29 is 14.3 Å². The zero-order chi connectivity index (χ0) is 14.7. The summed E-state index contributed by atoms with van der Waals surface area (Å²) in [7, 11) is 0. The maximum absolute atomic E-state index is 11.6. The van der Waals surface area contributed by atoms with Crippen LogP contribution in [0, 0.1) is 0 Å². The third-order valence-corrected chi connectivity index (χ3v) is 3.12. The fourth-order valence-electron chi connectivity index (χ4n) is 1.83. The SMILES string of the molecule is CCOCCN(CC)CCCC(C)(N)C(=O)OCC. The number of rotatable bonds is 11. The van der Waals surface area contributed by atoms with Crippen LogP contribution in [0.1, 0.15) is 40.5 Å².